The predicted molar refractivity (Wildman–Crippen MR) is 111 cm³/mol. The van der Waals surface area contributed by atoms with Gasteiger partial charge in [-0.2, -0.15) is 0 Å². The van der Waals surface area contributed by atoms with Gasteiger partial charge >= 0.3 is 0 Å². The highest BCUT2D eigenvalue weighted by Gasteiger charge is 2.14. The third kappa shape index (κ3) is 5.88. The highest BCUT2D eigenvalue weighted by atomic mass is 32.2. The van der Waals surface area contributed by atoms with Gasteiger partial charge in [0.2, 0.25) is 5.89 Å². The van der Waals surface area contributed by atoms with Crippen molar-refractivity contribution in [3.63, 3.8) is 0 Å². The first-order chi connectivity index (χ1) is 14.0. The average molecular weight is 416 g/mol. The Morgan fingerprint density at radius 3 is 2.21 bits per heavy atom. The Kier molecular flexibility index (Phi) is 7.00. The maximum absolute atomic E-state index is 10.2. The van der Waals surface area contributed by atoms with Crippen LogP contribution in [0.25, 0.3) is 11.5 Å². The first-order valence-electron chi connectivity index (χ1n) is 9.05. The van der Waals surface area contributed by atoms with Crippen LogP contribution in [0.4, 0.5) is 0 Å². The lowest BCUT2D eigenvalue weighted by molar-refractivity contribution is 0.126. The number of benzene rings is 2. The van der Waals surface area contributed by atoms with Crippen molar-refractivity contribution in [3.8, 4) is 28.7 Å². The lowest BCUT2D eigenvalue weighted by atomic mass is 10.1. The quantitative estimate of drug-likeness (QED) is 0.526. The van der Waals surface area contributed by atoms with Crippen LogP contribution in [0.3, 0.4) is 0 Å². The molecule has 0 aliphatic heterocycles. The lowest BCUT2D eigenvalue weighted by Gasteiger charge is -2.12. The fraction of sp³-hybridized carbons (Fsp3) is 0.333. The van der Waals surface area contributed by atoms with Crippen molar-refractivity contribution in [1.29, 1.82) is 0 Å². The van der Waals surface area contributed by atoms with Crippen LogP contribution in [0.1, 0.15) is 11.1 Å². The van der Waals surface area contributed by atoms with Crippen molar-refractivity contribution in [2.75, 3.05) is 26.6 Å². The van der Waals surface area contributed by atoms with E-state index in [1.165, 1.54) is 11.8 Å². The lowest BCUT2D eigenvalue weighted by Crippen LogP contribution is -2.20. The second kappa shape index (κ2) is 9.67. The van der Waals surface area contributed by atoms with E-state index < -0.39 is 6.10 Å². The Labute approximate surface area is 174 Å². The molecule has 29 heavy (non-hydrogen) atoms. The largest absolute Gasteiger partial charge is 0.497 e. The smallest absolute Gasteiger partial charge is 0.276 e. The number of rotatable bonds is 9. The molecule has 0 unspecified atom stereocenters. The van der Waals surface area contributed by atoms with Gasteiger partial charge in [0.1, 0.15) is 23.9 Å². The van der Waals surface area contributed by atoms with E-state index >= 15 is 0 Å². The zero-order valence-electron chi connectivity index (χ0n) is 16.8. The summed E-state index contributed by atoms with van der Waals surface area (Å²) < 4.78 is 21.9. The molecule has 0 fully saturated rings. The molecule has 154 valence electrons. The van der Waals surface area contributed by atoms with E-state index in [1.54, 1.807) is 32.4 Å². The molecular formula is C21H24N2O5S. The Balaban J connectivity index is 1.56. The van der Waals surface area contributed by atoms with Crippen molar-refractivity contribution >= 4 is 11.8 Å². The van der Waals surface area contributed by atoms with Crippen molar-refractivity contribution < 1.29 is 23.7 Å². The second-order valence-corrected chi connectivity index (χ2v) is 7.54. The van der Waals surface area contributed by atoms with Gasteiger partial charge in [-0.15, -0.1) is 10.2 Å². The molecule has 0 saturated carbocycles. The van der Waals surface area contributed by atoms with Crippen molar-refractivity contribution in [2.24, 2.45) is 0 Å². The van der Waals surface area contributed by atoms with Gasteiger partial charge in [-0.25, -0.2) is 0 Å². The Morgan fingerprint density at radius 2 is 1.59 bits per heavy atom. The third-order valence-electron chi connectivity index (χ3n) is 4.04. The average Bonchev–Trinajstić information content (AvgIpc) is 3.18. The minimum atomic E-state index is -0.673. The first-order valence-corrected chi connectivity index (χ1v) is 10.0. The zero-order valence-corrected chi connectivity index (χ0v) is 17.7. The van der Waals surface area contributed by atoms with Crippen LogP contribution in [-0.4, -0.2) is 48.0 Å². The van der Waals surface area contributed by atoms with E-state index in [1.807, 2.05) is 26.0 Å². The predicted octanol–water partition coefficient (Wildman–Crippen LogP) is 3.90. The molecule has 3 rings (SSSR count). The summed E-state index contributed by atoms with van der Waals surface area (Å²) in [5, 5.41) is 18.7. The number of nitrogens with zero attached hydrogens (tertiary/aromatic N) is 2. The zero-order chi connectivity index (χ0) is 20.8. The molecule has 7 nitrogen and oxygen atoms in total. The van der Waals surface area contributed by atoms with Gasteiger partial charge in [-0.3, -0.25) is 0 Å². The van der Waals surface area contributed by atoms with Gasteiger partial charge in [0.15, 0.2) is 0 Å². The molecular weight excluding hydrogens is 392 g/mol. The van der Waals surface area contributed by atoms with Gasteiger partial charge in [-0.1, -0.05) is 17.8 Å². The first kappa shape index (κ1) is 21.0. The Bertz CT molecular complexity index is 917. The van der Waals surface area contributed by atoms with Crippen LogP contribution >= 0.6 is 11.8 Å². The monoisotopic (exact) mass is 416 g/mol. The van der Waals surface area contributed by atoms with E-state index in [4.69, 9.17) is 18.6 Å². The number of ether oxygens (including phenoxy) is 3. The van der Waals surface area contributed by atoms with E-state index in [-0.39, 0.29) is 6.61 Å². The second-order valence-electron chi connectivity index (χ2n) is 6.57. The van der Waals surface area contributed by atoms with Crippen LogP contribution in [0, 0.1) is 13.8 Å². The van der Waals surface area contributed by atoms with E-state index in [0.29, 0.717) is 33.9 Å². The SMILES string of the molecule is COc1cc(OC)cc(-c2nnc(SC[C@H](O)COc3cc(C)cc(C)c3)o2)c1. The summed E-state index contributed by atoms with van der Waals surface area (Å²) >= 11 is 1.27. The molecule has 1 N–H and O–H groups in total. The third-order valence-corrected chi connectivity index (χ3v) is 5.01. The van der Waals surface area contributed by atoms with Gasteiger partial charge in [0, 0.05) is 17.4 Å². The molecule has 8 heteroatoms. The molecule has 1 aromatic heterocycles. The number of aryl methyl sites for hydroxylation is 2. The molecule has 1 heterocycles. The highest BCUT2D eigenvalue weighted by molar-refractivity contribution is 7.99. The molecule has 0 bridgehead atoms. The maximum atomic E-state index is 10.2. The summed E-state index contributed by atoms with van der Waals surface area (Å²) in [5.74, 6) is 2.73. The van der Waals surface area contributed by atoms with E-state index in [0.717, 1.165) is 16.9 Å². The topological polar surface area (TPSA) is 86.8 Å². The fourth-order valence-electron chi connectivity index (χ4n) is 2.74. The van der Waals surface area contributed by atoms with Crippen molar-refractivity contribution in [1.82, 2.24) is 10.2 Å². The van der Waals surface area contributed by atoms with Gasteiger partial charge in [0.25, 0.3) is 5.22 Å². The minimum absolute atomic E-state index is 0.184. The molecule has 0 aliphatic rings. The van der Waals surface area contributed by atoms with Crippen molar-refractivity contribution in [3.05, 3.63) is 47.5 Å². The van der Waals surface area contributed by atoms with Crippen LogP contribution in [0.5, 0.6) is 17.2 Å². The molecule has 0 radical (unpaired) electrons. The molecule has 2 aromatic carbocycles. The molecule has 0 aliphatic carbocycles. The number of hydrogen-bond acceptors (Lipinski definition) is 8. The van der Waals surface area contributed by atoms with Crippen LogP contribution in [0.15, 0.2) is 46.0 Å². The van der Waals surface area contributed by atoms with Gasteiger partial charge < -0.3 is 23.7 Å². The molecule has 3 aromatic rings. The number of aliphatic hydroxyl groups excluding tert-OH is 1. The summed E-state index contributed by atoms with van der Waals surface area (Å²) in [4.78, 5) is 0. The van der Waals surface area contributed by atoms with E-state index in [2.05, 4.69) is 16.3 Å². The molecule has 0 spiro atoms. The molecule has 0 saturated heterocycles. The maximum Gasteiger partial charge on any atom is 0.276 e. The summed E-state index contributed by atoms with van der Waals surface area (Å²) in [6, 6.07) is 11.3. The van der Waals surface area contributed by atoms with Crippen LogP contribution < -0.4 is 14.2 Å². The number of hydrogen-bond donors (Lipinski definition) is 1. The highest BCUT2D eigenvalue weighted by Crippen LogP contribution is 2.30. The standard InChI is InChI=1S/C21H24N2O5S/c1-13-5-14(2)7-19(6-13)27-11-16(24)12-29-21-23-22-20(28-21)15-8-17(25-3)10-18(9-15)26-4/h5-10,16,24H,11-12H2,1-4H3/t16-/m1/s1. The fourth-order valence-corrected chi connectivity index (χ4v) is 3.41. The number of thioether (sulfide) groups is 1. The van der Waals surface area contributed by atoms with Crippen LogP contribution in [-0.2, 0) is 0 Å². The summed E-state index contributed by atoms with van der Waals surface area (Å²) in [6.07, 6.45) is -0.673. The normalized spacial score (nSPS) is 11.9. The number of aliphatic hydroxyl groups is 1. The summed E-state index contributed by atoms with van der Waals surface area (Å²) in [6.45, 7) is 4.21. The Hall–Kier alpha value is -2.71. The summed E-state index contributed by atoms with van der Waals surface area (Å²) in [7, 11) is 3.16. The van der Waals surface area contributed by atoms with E-state index in [9.17, 15) is 5.11 Å². The molecule has 1 atom stereocenters. The minimum Gasteiger partial charge on any atom is -0.497 e. The van der Waals surface area contributed by atoms with Gasteiger partial charge in [-0.05, 0) is 49.2 Å². The number of aromatic nitrogens is 2. The Morgan fingerprint density at radius 1 is 0.931 bits per heavy atom. The molecule has 0 amide bonds. The van der Waals surface area contributed by atoms with Crippen molar-refractivity contribution in [2.45, 2.75) is 25.2 Å². The summed E-state index contributed by atoms with van der Waals surface area (Å²) in [5.41, 5.74) is 2.94. The number of methoxy groups -OCH3 is 2. The van der Waals surface area contributed by atoms with Crippen LogP contribution in [0.2, 0.25) is 0 Å². The van der Waals surface area contributed by atoms with Gasteiger partial charge in [0.05, 0.1) is 20.3 Å².